The number of carbonyl (C=O) groups excluding carboxylic acids is 2. The van der Waals surface area contributed by atoms with Gasteiger partial charge in [0.2, 0.25) is 0 Å². The van der Waals surface area contributed by atoms with Crippen LogP contribution in [0.3, 0.4) is 0 Å². The Hall–Kier alpha value is -3.18. The molecule has 0 aliphatic heterocycles. The number of amides is 1. The molecule has 0 radical (unpaired) electrons. The van der Waals surface area contributed by atoms with E-state index >= 15 is 0 Å². The van der Waals surface area contributed by atoms with Crippen LogP contribution in [0.5, 0.6) is 0 Å². The van der Waals surface area contributed by atoms with Crippen molar-refractivity contribution in [2.75, 3.05) is 12.4 Å². The van der Waals surface area contributed by atoms with Crippen molar-refractivity contribution in [2.45, 2.75) is 10.7 Å². The highest BCUT2D eigenvalue weighted by Crippen LogP contribution is 2.26. The maximum Gasteiger partial charge on any atom is 0.337 e. The molecule has 5 nitrogen and oxygen atoms in total. The van der Waals surface area contributed by atoms with E-state index in [9.17, 15) is 23.6 Å². The lowest BCUT2D eigenvalue weighted by Crippen LogP contribution is -2.13. The number of thioether (sulfide) groups is 1. The van der Waals surface area contributed by atoms with Gasteiger partial charge in [0.05, 0.1) is 12.7 Å². The molecule has 0 spiro atoms. The highest BCUT2D eigenvalue weighted by atomic mass is 32.2. The van der Waals surface area contributed by atoms with Crippen molar-refractivity contribution in [3.63, 3.8) is 0 Å². The molecular weight excluding hydrogens is 374 g/mol. The van der Waals surface area contributed by atoms with Crippen molar-refractivity contribution in [3.05, 3.63) is 65.2 Å². The van der Waals surface area contributed by atoms with Gasteiger partial charge in [0, 0.05) is 10.6 Å². The van der Waals surface area contributed by atoms with Crippen LogP contribution >= 0.6 is 11.8 Å². The third-order valence-corrected chi connectivity index (χ3v) is 4.07. The van der Waals surface area contributed by atoms with E-state index in [2.05, 4.69) is 10.1 Å². The Morgan fingerprint density at radius 1 is 1.15 bits per heavy atom. The molecule has 0 saturated carbocycles. The van der Waals surface area contributed by atoms with E-state index in [1.54, 1.807) is 12.1 Å². The van der Waals surface area contributed by atoms with Crippen molar-refractivity contribution >= 4 is 35.4 Å². The fourth-order valence-corrected chi connectivity index (χ4v) is 2.57. The number of halogens is 2. The first-order valence-corrected chi connectivity index (χ1v) is 8.47. The summed E-state index contributed by atoms with van der Waals surface area (Å²) in [5, 5.41) is 11.8. The summed E-state index contributed by atoms with van der Waals surface area (Å²) in [5.74, 6) is -3.65. The predicted octanol–water partition coefficient (Wildman–Crippen LogP) is 4.33. The average molecular weight is 388 g/mol. The normalized spacial score (nSPS) is 11.0. The van der Waals surface area contributed by atoms with E-state index in [1.165, 1.54) is 49.6 Å². The van der Waals surface area contributed by atoms with E-state index < -0.39 is 17.6 Å². The number of rotatable bonds is 6. The van der Waals surface area contributed by atoms with Crippen molar-refractivity contribution < 1.29 is 23.1 Å². The smallest absolute Gasteiger partial charge is 0.337 e. The number of hydrogen-bond acceptors (Lipinski definition) is 5. The van der Waals surface area contributed by atoms with E-state index in [0.29, 0.717) is 33.5 Å². The van der Waals surface area contributed by atoms with Gasteiger partial charge in [-0.05, 0) is 48.0 Å². The number of anilines is 1. The van der Waals surface area contributed by atoms with Crippen LogP contribution < -0.4 is 5.32 Å². The Bertz CT molecular complexity index is 889. The number of alkyl halides is 2. The van der Waals surface area contributed by atoms with E-state index in [4.69, 9.17) is 0 Å². The molecule has 138 valence electrons. The number of ether oxygens (including phenoxy) is 1. The number of benzene rings is 2. The van der Waals surface area contributed by atoms with Crippen molar-refractivity contribution in [3.8, 4) is 6.07 Å². The molecule has 0 saturated heterocycles. The Balaban J connectivity index is 2.10. The van der Waals surface area contributed by atoms with Gasteiger partial charge in [-0.25, -0.2) is 4.79 Å². The molecule has 0 atom stereocenters. The maximum atomic E-state index is 12.3. The minimum atomic E-state index is -2.52. The zero-order valence-electron chi connectivity index (χ0n) is 14.1. The Labute approximate surface area is 158 Å². The Kier molecular flexibility index (Phi) is 7.08. The molecule has 1 N–H and O–H groups in total. The first kappa shape index (κ1) is 20.1. The van der Waals surface area contributed by atoms with Crippen molar-refractivity contribution in [2.24, 2.45) is 0 Å². The molecule has 0 unspecified atom stereocenters. The largest absolute Gasteiger partial charge is 0.465 e. The second kappa shape index (κ2) is 9.50. The average Bonchev–Trinajstić information content (AvgIpc) is 2.67. The van der Waals surface area contributed by atoms with Crippen LogP contribution in [-0.2, 0) is 9.53 Å². The zero-order valence-corrected chi connectivity index (χ0v) is 14.9. The van der Waals surface area contributed by atoms with Gasteiger partial charge in [-0.3, -0.25) is 4.79 Å². The molecule has 2 aromatic carbocycles. The highest BCUT2D eigenvalue weighted by molar-refractivity contribution is 7.99. The molecule has 27 heavy (non-hydrogen) atoms. The van der Waals surface area contributed by atoms with E-state index in [1.807, 2.05) is 6.07 Å². The quantitative estimate of drug-likeness (QED) is 0.345. The van der Waals surface area contributed by atoms with Crippen LogP contribution in [0.15, 0.2) is 59.0 Å². The lowest BCUT2D eigenvalue weighted by Gasteiger charge is -2.06. The third kappa shape index (κ3) is 5.94. The van der Waals surface area contributed by atoms with Gasteiger partial charge < -0.3 is 10.1 Å². The fraction of sp³-hybridized carbons (Fsp3) is 0.105. The standard InChI is InChI=1S/C19H14F2N2O3S/c1-26-18(25)13-4-2-12(3-5-13)10-14(11-22)17(24)23-15-6-8-16(9-7-15)27-19(20)21/h2-10,19H,1H3,(H,23,24)/b14-10-. The van der Waals surface area contributed by atoms with Crippen LogP contribution in [0.25, 0.3) is 6.08 Å². The fourth-order valence-electron chi connectivity index (χ4n) is 2.07. The minimum Gasteiger partial charge on any atom is -0.465 e. The number of nitrogens with one attached hydrogen (secondary N) is 1. The number of nitriles is 1. The molecule has 0 bridgehead atoms. The summed E-state index contributed by atoms with van der Waals surface area (Å²) in [6.07, 6.45) is 1.37. The van der Waals surface area contributed by atoms with Crippen LogP contribution in [0.4, 0.5) is 14.5 Å². The van der Waals surface area contributed by atoms with Crippen molar-refractivity contribution in [1.82, 2.24) is 0 Å². The van der Waals surface area contributed by atoms with E-state index in [-0.39, 0.29) is 5.57 Å². The topological polar surface area (TPSA) is 79.2 Å². The molecule has 0 aliphatic carbocycles. The summed E-state index contributed by atoms with van der Waals surface area (Å²) < 4.78 is 29.2. The molecule has 0 fully saturated rings. The molecule has 8 heteroatoms. The van der Waals surface area contributed by atoms with Gasteiger partial charge in [-0.15, -0.1) is 0 Å². The highest BCUT2D eigenvalue weighted by Gasteiger charge is 2.11. The van der Waals surface area contributed by atoms with Crippen LogP contribution in [0.2, 0.25) is 0 Å². The first-order valence-electron chi connectivity index (χ1n) is 7.59. The SMILES string of the molecule is COC(=O)c1ccc(/C=C(/C#N)C(=O)Nc2ccc(SC(F)F)cc2)cc1. The summed E-state index contributed by atoms with van der Waals surface area (Å²) in [6, 6.07) is 13.9. The van der Waals surface area contributed by atoms with Crippen LogP contribution in [0.1, 0.15) is 15.9 Å². The van der Waals surface area contributed by atoms with Gasteiger partial charge in [0.1, 0.15) is 11.6 Å². The van der Waals surface area contributed by atoms with Gasteiger partial charge >= 0.3 is 5.97 Å². The minimum absolute atomic E-state index is 0.146. The Morgan fingerprint density at radius 2 is 1.78 bits per heavy atom. The van der Waals surface area contributed by atoms with E-state index in [0.717, 1.165) is 0 Å². The molecule has 1 amide bonds. The second-order valence-electron chi connectivity index (χ2n) is 5.14. The number of hydrogen-bond donors (Lipinski definition) is 1. The summed E-state index contributed by atoms with van der Waals surface area (Å²) in [7, 11) is 1.27. The third-order valence-electron chi connectivity index (χ3n) is 3.35. The van der Waals surface area contributed by atoms with Crippen LogP contribution in [-0.4, -0.2) is 24.7 Å². The monoisotopic (exact) mass is 388 g/mol. The summed E-state index contributed by atoms with van der Waals surface area (Å²) >= 11 is 0.401. The molecule has 2 rings (SSSR count). The van der Waals surface area contributed by atoms with Gasteiger partial charge in [0.25, 0.3) is 11.7 Å². The first-order chi connectivity index (χ1) is 12.9. The summed E-state index contributed by atoms with van der Waals surface area (Å²) in [5.41, 5.74) is 1.13. The van der Waals surface area contributed by atoms with Gasteiger partial charge in [-0.1, -0.05) is 23.9 Å². The molecular formula is C19H14F2N2O3S. The number of methoxy groups -OCH3 is 1. The molecule has 0 aromatic heterocycles. The predicted molar refractivity (Wildman–Crippen MR) is 98.3 cm³/mol. The Morgan fingerprint density at radius 3 is 2.30 bits per heavy atom. The van der Waals surface area contributed by atoms with Gasteiger partial charge in [0.15, 0.2) is 0 Å². The molecule has 0 aliphatic rings. The second-order valence-corrected chi connectivity index (χ2v) is 6.20. The molecule has 2 aromatic rings. The number of nitrogens with zero attached hydrogens (tertiary/aromatic N) is 1. The lowest BCUT2D eigenvalue weighted by molar-refractivity contribution is -0.112. The summed E-state index contributed by atoms with van der Waals surface area (Å²) in [6.45, 7) is 0. The van der Waals surface area contributed by atoms with Crippen LogP contribution in [0, 0.1) is 11.3 Å². The number of esters is 1. The molecule has 0 heterocycles. The lowest BCUT2D eigenvalue weighted by atomic mass is 10.1. The summed E-state index contributed by atoms with van der Waals surface area (Å²) in [4.78, 5) is 24.0. The van der Waals surface area contributed by atoms with Gasteiger partial charge in [-0.2, -0.15) is 14.0 Å². The van der Waals surface area contributed by atoms with Crippen molar-refractivity contribution in [1.29, 1.82) is 5.26 Å². The zero-order chi connectivity index (χ0) is 19.8. The number of carbonyl (C=O) groups is 2. The maximum absolute atomic E-state index is 12.3.